The molecular weight excluding hydrogens is 192 g/mol. The third-order valence-corrected chi connectivity index (χ3v) is 3.03. The van der Waals surface area contributed by atoms with Crippen LogP contribution in [0.4, 0.5) is 8.78 Å². The molecule has 4 heteroatoms. The second kappa shape index (κ2) is 4.15. The molecule has 1 aromatic rings. The van der Waals surface area contributed by atoms with Crippen LogP contribution in [0.5, 0.6) is 0 Å². The summed E-state index contributed by atoms with van der Waals surface area (Å²) in [4.78, 5) is 1.09. The first kappa shape index (κ1) is 10.6. The predicted octanol–water partition coefficient (Wildman–Crippen LogP) is 2.75. The Morgan fingerprint density at radius 2 is 2.15 bits per heavy atom. The van der Waals surface area contributed by atoms with Crippen LogP contribution >= 0.6 is 11.3 Å². The quantitative estimate of drug-likeness (QED) is 0.803. The van der Waals surface area contributed by atoms with Gasteiger partial charge in [-0.3, -0.25) is 0 Å². The summed E-state index contributed by atoms with van der Waals surface area (Å²) in [6, 6.07) is 3.23. The van der Waals surface area contributed by atoms with E-state index in [1.165, 1.54) is 6.07 Å². The SMILES string of the molecule is CCCc1ccc(C(F)(F)CN)s1. The topological polar surface area (TPSA) is 26.0 Å². The lowest BCUT2D eigenvalue weighted by Gasteiger charge is -2.10. The summed E-state index contributed by atoms with van der Waals surface area (Å²) in [6.45, 7) is 1.42. The third kappa shape index (κ3) is 2.48. The maximum atomic E-state index is 13.0. The number of aryl methyl sites for hydroxylation is 1. The molecule has 0 aliphatic rings. The summed E-state index contributed by atoms with van der Waals surface area (Å²) in [5, 5.41) is 0. The summed E-state index contributed by atoms with van der Waals surface area (Å²) in [6.07, 6.45) is 1.85. The highest BCUT2D eigenvalue weighted by atomic mass is 32.1. The van der Waals surface area contributed by atoms with E-state index < -0.39 is 12.5 Å². The van der Waals surface area contributed by atoms with Crippen molar-refractivity contribution in [3.05, 3.63) is 21.9 Å². The molecule has 1 aromatic heterocycles. The molecule has 0 saturated heterocycles. The van der Waals surface area contributed by atoms with E-state index in [1.54, 1.807) is 6.07 Å². The van der Waals surface area contributed by atoms with E-state index in [9.17, 15) is 8.78 Å². The van der Waals surface area contributed by atoms with Crippen LogP contribution < -0.4 is 5.73 Å². The van der Waals surface area contributed by atoms with E-state index in [1.807, 2.05) is 6.92 Å². The maximum Gasteiger partial charge on any atom is 0.294 e. The lowest BCUT2D eigenvalue weighted by Crippen LogP contribution is -2.23. The van der Waals surface area contributed by atoms with Crippen molar-refractivity contribution in [2.45, 2.75) is 25.7 Å². The molecule has 1 rings (SSSR count). The van der Waals surface area contributed by atoms with Gasteiger partial charge >= 0.3 is 0 Å². The van der Waals surface area contributed by atoms with Gasteiger partial charge in [-0.1, -0.05) is 13.3 Å². The van der Waals surface area contributed by atoms with Crippen molar-refractivity contribution in [2.75, 3.05) is 6.54 Å². The van der Waals surface area contributed by atoms with Gasteiger partial charge in [-0.2, -0.15) is 8.78 Å². The summed E-state index contributed by atoms with van der Waals surface area (Å²) in [5.74, 6) is -2.85. The van der Waals surface area contributed by atoms with Gasteiger partial charge < -0.3 is 5.73 Å². The molecule has 0 saturated carbocycles. The van der Waals surface area contributed by atoms with E-state index >= 15 is 0 Å². The van der Waals surface area contributed by atoms with Crippen LogP contribution in [0.25, 0.3) is 0 Å². The van der Waals surface area contributed by atoms with Crippen LogP contribution in [0, 0.1) is 0 Å². The van der Waals surface area contributed by atoms with Gasteiger partial charge in [0.15, 0.2) is 0 Å². The van der Waals surface area contributed by atoms with Gasteiger partial charge in [-0.15, -0.1) is 11.3 Å². The van der Waals surface area contributed by atoms with Crippen LogP contribution in [-0.4, -0.2) is 6.54 Å². The molecule has 0 fully saturated rings. The average Bonchev–Trinajstić information content (AvgIpc) is 2.54. The molecule has 1 nitrogen and oxygen atoms in total. The molecule has 0 spiro atoms. The number of hydrogen-bond acceptors (Lipinski definition) is 2. The first-order chi connectivity index (χ1) is 6.10. The predicted molar refractivity (Wildman–Crippen MR) is 51.3 cm³/mol. The molecule has 0 radical (unpaired) electrons. The van der Waals surface area contributed by atoms with E-state index in [-0.39, 0.29) is 4.88 Å². The Bertz CT molecular complexity index is 270. The molecule has 0 aromatic carbocycles. The van der Waals surface area contributed by atoms with E-state index in [4.69, 9.17) is 5.73 Å². The van der Waals surface area contributed by atoms with Crippen molar-refractivity contribution < 1.29 is 8.78 Å². The highest BCUT2D eigenvalue weighted by Crippen LogP contribution is 2.32. The Morgan fingerprint density at radius 3 is 2.69 bits per heavy atom. The second-order valence-corrected chi connectivity index (χ2v) is 4.09. The molecule has 0 bridgehead atoms. The monoisotopic (exact) mass is 205 g/mol. The molecule has 0 aliphatic carbocycles. The van der Waals surface area contributed by atoms with Crippen molar-refractivity contribution in [3.63, 3.8) is 0 Å². The van der Waals surface area contributed by atoms with Crippen molar-refractivity contribution in [2.24, 2.45) is 5.73 Å². The van der Waals surface area contributed by atoms with E-state index in [0.717, 1.165) is 29.1 Å². The normalized spacial score (nSPS) is 12.0. The Morgan fingerprint density at radius 1 is 1.46 bits per heavy atom. The number of nitrogens with two attached hydrogens (primary N) is 1. The molecule has 0 unspecified atom stereocenters. The van der Waals surface area contributed by atoms with Gasteiger partial charge in [0.05, 0.1) is 11.4 Å². The lowest BCUT2D eigenvalue weighted by atomic mass is 10.2. The first-order valence-electron chi connectivity index (χ1n) is 4.27. The summed E-state index contributed by atoms with van der Waals surface area (Å²) in [5.41, 5.74) is 4.98. The number of alkyl halides is 2. The fourth-order valence-electron chi connectivity index (χ4n) is 1.06. The highest BCUT2D eigenvalue weighted by Gasteiger charge is 2.31. The zero-order chi connectivity index (χ0) is 9.90. The van der Waals surface area contributed by atoms with Crippen molar-refractivity contribution >= 4 is 11.3 Å². The molecule has 0 amide bonds. The fourth-order valence-corrected chi connectivity index (χ4v) is 2.15. The molecule has 0 atom stereocenters. The standard InChI is InChI=1S/C9H13F2NS/c1-2-3-7-4-5-8(13-7)9(10,11)6-12/h4-5H,2-3,6,12H2,1H3. The zero-order valence-corrected chi connectivity index (χ0v) is 8.33. The van der Waals surface area contributed by atoms with Gasteiger partial charge in [0.25, 0.3) is 5.92 Å². The largest absolute Gasteiger partial charge is 0.325 e. The first-order valence-corrected chi connectivity index (χ1v) is 5.09. The van der Waals surface area contributed by atoms with Crippen molar-refractivity contribution in [1.29, 1.82) is 0 Å². The smallest absolute Gasteiger partial charge is 0.294 e. The van der Waals surface area contributed by atoms with Crippen molar-refractivity contribution in [1.82, 2.24) is 0 Å². The van der Waals surface area contributed by atoms with Gasteiger partial charge in [-0.05, 0) is 18.6 Å². The number of rotatable bonds is 4. The molecular formula is C9H13F2NS. The summed E-state index contributed by atoms with van der Waals surface area (Å²) < 4.78 is 26.0. The van der Waals surface area contributed by atoms with Gasteiger partial charge in [0.2, 0.25) is 0 Å². The maximum absolute atomic E-state index is 13.0. The van der Waals surface area contributed by atoms with Crippen LogP contribution in [-0.2, 0) is 12.3 Å². The zero-order valence-electron chi connectivity index (χ0n) is 7.52. The molecule has 0 aliphatic heterocycles. The molecule has 74 valence electrons. The van der Waals surface area contributed by atoms with Crippen molar-refractivity contribution in [3.8, 4) is 0 Å². The molecule has 13 heavy (non-hydrogen) atoms. The minimum Gasteiger partial charge on any atom is -0.325 e. The van der Waals surface area contributed by atoms with Gasteiger partial charge in [0.1, 0.15) is 0 Å². The van der Waals surface area contributed by atoms with Crippen LogP contribution in [0.15, 0.2) is 12.1 Å². The summed E-state index contributed by atoms with van der Waals surface area (Å²) in [7, 11) is 0. The van der Waals surface area contributed by atoms with Crippen LogP contribution in [0.2, 0.25) is 0 Å². The highest BCUT2D eigenvalue weighted by molar-refractivity contribution is 7.12. The summed E-state index contributed by atoms with van der Waals surface area (Å²) >= 11 is 1.16. The lowest BCUT2D eigenvalue weighted by molar-refractivity contribution is 0.00989. The van der Waals surface area contributed by atoms with Gasteiger partial charge in [-0.25, -0.2) is 0 Å². The third-order valence-electron chi connectivity index (χ3n) is 1.77. The Labute approximate surface area is 80.6 Å². The van der Waals surface area contributed by atoms with Crippen LogP contribution in [0.3, 0.4) is 0 Å². The second-order valence-electron chi connectivity index (χ2n) is 2.92. The Hall–Kier alpha value is -0.480. The Kier molecular flexibility index (Phi) is 3.39. The number of thiophene rings is 1. The minimum atomic E-state index is -2.85. The van der Waals surface area contributed by atoms with Gasteiger partial charge in [0, 0.05) is 4.88 Å². The molecule has 2 N–H and O–H groups in total. The van der Waals surface area contributed by atoms with E-state index in [0.29, 0.717) is 0 Å². The fraction of sp³-hybridized carbons (Fsp3) is 0.556. The van der Waals surface area contributed by atoms with Crippen LogP contribution in [0.1, 0.15) is 23.1 Å². The number of halogens is 2. The molecule has 1 heterocycles. The minimum absolute atomic E-state index is 0.0819. The Balaban J connectivity index is 2.79. The average molecular weight is 205 g/mol. The van der Waals surface area contributed by atoms with E-state index in [2.05, 4.69) is 0 Å². The number of hydrogen-bond donors (Lipinski definition) is 1.